The molecule has 19 heavy (non-hydrogen) atoms. The molecule has 1 N–H and O–H groups in total. The second kappa shape index (κ2) is 3.75. The molecule has 4 rings (SSSR count). The first-order chi connectivity index (χ1) is 9.36. The summed E-state index contributed by atoms with van der Waals surface area (Å²) in [5.41, 5.74) is 1.96. The van der Waals surface area contributed by atoms with Gasteiger partial charge in [0, 0.05) is 16.0 Å². The van der Waals surface area contributed by atoms with Crippen LogP contribution in [0.3, 0.4) is 0 Å². The fourth-order valence-corrected chi connectivity index (χ4v) is 2.86. The number of hydrogen-bond donors (Lipinski definition) is 1. The molecule has 2 nitrogen and oxygen atoms in total. The van der Waals surface area contributed by atoms with E-state index in [2.05, 4.69) is 0 Å². The third-order valence-electron chi connectivity index (χ3n) is 3.75. The van der Waals surface area contributed by atoms with Gasteiger partial charge < -0.3 is 9.84 Å². The number of benzene rings is 2. The first-order valence-electron chi connectivity index (χ1n) is 6.31. The van der Waals surface area contributed by atoms with Gasteiger partial charge in [-0.2, -0.15) is 0 Å². The van der Waals surface area contributed by atoms with Crippen LogP contribution in [0.2, 0.25) is 0 Å². The standard InChI is InChI=1S/C17H12O2/c18-16-12-6-2-1-5-11(12)15-9-10-19-17(15)14-8-4-3-7-13(14)16/h1-10,15,18H. The molecule has 2 aliphatic rings. The van der Waals surface area contributed by atoms with Crippen LogP contribution in [0.5, 0.6) is 0 Å². The molecule has 0 amide bonds. The van der Waals surface area contributed by atoms with Gasteiger partial charge in [-0.25, -0.2) is 0 Å². The van der Waals surface area contributed by atoms with Gasteiger partial charge in [0.1, 0.15) is 11.5 Å². The van der Waals surface area contributed by atoms with E-state index in [4.69, 9.17) is 4.74 Å². The van der Waals surface area contributed by atoms with Crippen LogP contribution >= 0.6 is 0 Å². The third-order valence-corrected chi connectivity index (χ3v) is 3.75. The summed E-state index contributed by atoms with van der Waals surface area (Å²) in [6, 6.07) is 15.8. The number of ether oxygens (including phenoxy) is 1. The third kappa shape index (κ3) is 1.37. The van der Waals surface area contributed by atoms with Gasteiger partial charge >= 0.3 is 0 Å². The van der Waals surface area contributed by atoms with Crippen molar-refractivity contribution in [3.8, 4) is 0 Å². The molecule has 1 heterocycles. The van der Waals surface area contributed by atoms with Gasteiger partial charge in [0.2, 0.25) is 0 Å². The van der Waals surface area contributed by atoms with E-state index in [1.165, 1.54) is 0 Å². The maximum atomic E-state index is 10.6. The average Bonchev–Trinajstić information content (AvgIpc) is 2.92. The zero-order valence-corrected chi connectivity index (χ0v) is 10.2. The molecule has 0 saturated carbocycles. The second-order valence-corrected chi connectivity index (χ2v) is 4.77. The minimum Gasteiger partial charge on any atom is -0.507 e. The molecule has 1 aliphatic heterocycles. The molecule has 1 atom stereocenters. The molecule has 0 fully saturated rings. The highest BCUT2D eigenvalue weighted by Gasteiger charge is 2.26. The molecule has 2 heteroatoms. The Morgan fingerprint density at radius 3 is 2.53 bits per heavy atom. The minimum atomic E-state index is 0.0852. The number of aliphatic hydroxyl groups is 1. The molecule has 1 unspecified atom stereocenters. The lowest BCUT2D eigenvalue weighted by atomic mass is 9.93. The molecule has 0 spiro atoms. The predicted octanol–water partition coefficient (Wildman–Crippen LogP) is 2.15. The van der Waals surface area contributed by atoms with Gasteiger partial charge in [0.15, 0.2) is 0 Å². The van der Waals surface area contributed by atoms with Gasteiger partial charge in [-0.05, 0) is 11.6 Å². The lowest BCUT2D eigenvalue weighted by Gasteiger charge is -2.12. The Balaban J connectivity index is 2.24. The van der Waals surface area contributed by atoms with E-state index in [0.29, 0.717) is 5.76 Å². The van der Waals surface area contributed by atoms with Crippen LogP contribution in [0.25, 0.3) is 11.5 Å². The quantitative estimate of drug-likeness (QED) is 0.774. The molecular formula is C17H12O2. The molecule has 0 saturated heterocycles. The van der Waals surface area contributed by atoms with Crippen molar-refractivity contribution in [3.05, 3.63) is 82.4 Å². The Hall–Kier alpha value is -2.48. The summed E-state index contributed by atoms with van der Waals surface area (Å²) >= 11 is 0. The highest BCUT2D eigenvalue weighted by atomic mass is 16.5. The monoisotopic (exact) mass is 248 g/mol. The van der Waals surface area contributed by atoms with E-state index >= 15 is 0 Å². The topological polar surface area (TPSA) is 29.5 Å². The highest BCUT2D eigenvalue weighted by Crippen LogP contribution is 2.36. The molecule has 2 aromatic rings. The largest absolute Gasteiger partial charge is 0.507 e. The van der Waals surface area contributed by atoms with Gasteiger partial charge in [-0.1, -0.05) is 48.5 Å². The smallest absolute Gasteiger partial charge is 0.131 e. The van der Waals surface area contributed by atoms with Crippen LogP contribution in [0.4, 0.5) is 0 Å². The van der Waals surface area contributed by atoms with Crippen molar-refractivity contribution in [3.63, 3.8) is 0 Å². The molecule has 1 aliphatic carbocycles. The van der Waals surface area contributed by atoms with Gasteiger partial charge in [-0.15, -0.1) is 0 Å². The Bertz CT molecular complexity index is 815. The molecule has 0 radical (unpaired) electrons. The van der Waals surface area contributed by atoms with Crippen LogP contribution in [0.1, 0.15) is 17.0 Å². The van der Waals surface area contributed by atoms with Crippen LogP contribution < -0.4 is 10.4 Å². The van der Waals surface area contributed by atoms with Crippen molar-refractivity contribution in [2.24, 2.45) is 0 Å². The number of fused-ring (bicyclic) bond motifs is 4. The van der Waals surface area contributed by atoms with Crippen molar-refractivity contribution in [1.82, 2.24) is 0 Å². The van der Waals surface area contributed by atoms with Crippen molar-refractivity contribution in [2.45, 2.75) is 5.92 Å². The Kier molecular flexibility index (Phi) is 2.06. The van der Waals surface area contributed by atoms with Crippen molar-refractivity contribution in [1.29, 1.82) is 0 Å². The van der Waals surface area contributed by atoms with Crippen LogP contribution in [0.15, 0.2) is 60.9 Å². The molecule has 0 aromatic heterocycles. The highest BCUT2D eigenvalue weighted by molar-refractivity contribution is 5.71. The van der Waals surface area contributed by atoms with E-state index in [9.17, 15) is 5.11 Å². The van der Waals surface area contributed by atoms with Crippen LogP contribution in [-0.4, -0.2) is 5.11 Å². The number of rotatable bonds is 0. The zero-order chi connectivity index (χ0) is 12.8. The van der Waals surface area contributed by atoms with E-state index in [1.807, 2.05) is 54.6 Å². The molecule has 0 bridgehead atoms. The summed E-state index contributed by atoms with van der Waals surface area (Å²) in [5, 5.41) is 12.4. The van der Waals surface area contributed by atoms with Crippen LogP contribution in [0, 0.1) is 0 Å². The maximum Gasteiger partial charge on any atom is 0.131 e. The summed E-state index contributed by atoms with van der Waals surface area (Å²) in [4.78, 5) is 0. The fraction of sp³-hybridized carbons (Fsp3) is 0.0588. The Morgan fingerprint density at radius 1 is 0.895 bits per heavy atom. The Labute approximate surface area is 110 Å². The summed E-state index contributed by atoms with van der Waals surface area (Å²) in [7, 11) is 0. The second-order valence-electron chi connectivity index (χ2n) is 4.77. The average molecular weight is 248 g/mol. The summed E-state index contributed by atoms with van der Waals surface area (Å²) in [5.74, 6) is 1.30. The van der Waals surface area contributed by atoms with Crippen molar-refractivity contribution < 1.29 is 9.84 Å². The van der Waals surface area contributed by atoms with E-state index < -0.39 is 0 Å². The number of hydrogen-bond acceptors (Lipinski definition) is 2. The first-order valence-corrected chi connectivity index (χ1v) is 6.31. The van der Waals surface area contributed by atoms with Gasteiger partial charge in [0.05, 0.1) is 12.2 Å². The lowest BCUT2D eigenvalue weighted by molar-refractivity contribution is 0.434. The van der Waals surface area contributed by atoms with Gasteiger partial charge in [-0.3, -0.25) is 0 Å². The maximum absolute atomic E-state index is 10.6. The van der Waals surface area contributed by atoms with Gasteiger partial charge in [0.25, 0.3) is 0 Å². The molecule has 92 valence electrons. The van der Waals surface area contributed by atoms with E-state index in [1.54, 1.807) is 6.26 Å². The van der Waals surface area contributed by atoms with Crippen molar-refractivity contribution >= 4 is 11.5 Å². The lowest BCUT2D eigenvalue weighted by Crippen LogP contribution is -2.28. The Morgan fingerprint density at radius 2 is 1.63 bits per heavy atom. The van der Waals surface area contributed by atoms with E-state index in [-0.39, 0.29) is 5.92 Å². The van der Waals surface area contributed by atoms with E-state index in [0.717, 1.165) is 27.3 Å². The summed E-state index contributed by atoms with van der Waals surface area (Å²) < 4.78 is 5.68. The fourth-order valence-electron chi connectivity index (χ4n) is 2.86. The first kappa shape index (κ1) is 10.4. The van der Waals surface area contributed by atoms with Crippen molar-refractivity contribution in [2.75, 3.05) is 0 Å². The molecule has 2 aromatic carbocycles. The van der Waals surface area contributed by atoms with Crippen LogP contribution in [-0.2, 0) is 4.74 Å². The summed E-state index contributed by atoms with van der Waals surface area (Å²) in [6.45, 7) is 0. The zero-order valence-electron chi connectivity index (χ0n) is 10.2. The minimum absolute atomic E-state index is 0.0852. The molecular weight excluding hydrogens is 236 g/mol. The number of aliphatic hydroxyl groups excluding tert-OH is 1. The predicted molar refractivity (Wildman–Crippen MR) is 73.6 cm³/mol. The summed E-state index contributed by atoms with van der Waals surface area (Å²) in [6.07, 6.45) is 3.76. The normalized spacial score (nSPS) is 19.3. The SMILES string of the molecule is OC1=c2ccccc2=C2OC=CC2c2ccccc21.